The van der Waals surface area contributed by atoms with Gasteiger partial charge in [-0.25, -0.2) is 0 Å². The molecule has 0 fully saturated rings. The first-order chi connectivity index (χ1) is 9.60. The summed E-state index contributed by atoms with van der Waals surface area (Å²) in [6, 6.07) is 11.2. The normalized spacial score (nSPS) is 10.6. The highest BCUT2D eigenvalue weighted by Gasteiger charge is 2.08. The molecule has 0 radical (unpaired) electrons. The lowest BCUT2D eigenvalue weighted by Crippen LogP contribution is -2.12. The van der Waals surface area contributed by atoms with Gasteiger partial charge in [0.1, 0.15) is 11.5 Å². The minimum absolute atomic E-state index is 0.707. The largest absolute Gasteiger partial charge is 0.457 e. The second-order valence-corrected chi connectivity index (χ2v) is 5.42. The molecule has 4 heteroatoms. The fraction of sp³-hybridized carbons (Fsp3) is 0.250. The van der Waals surface area contributed by atoms with Gasteiger partial charge in [0.05, 0.1) is 0 Å². The van der Waals surface area contributed by atoms with E-state index < -0.39 is 0 Å². The maximum absolute atomic E-state index is 6.05. The smallest absolute Gasteiger partial charge is 0.132 e. The summed E-state index contributed by atoms with van der Waals surface area (Å²) in [5.74, 6) is 1.61. The van der Waals surface area contributed by atoms with Crippen LogP contribution >= 0.6 is 23.2 Å². The molecule has 0 aliphatic carbocycles. The van der Waals surface area contributed by atoms with Crippen molar-refractivity contribution in [2.45, 2.75) is 20.4 Å². The Morgan fingerprint density at radius 1 is 1.00 bits per heavy atom. The number of rotatable bonds is 5. The number of benzene rings is 2. The maximum Gasteiger partial charge on any atom is 0.132 e. The van der Waals surface area contributed by atoms with Gasteiger partial charge >= 0.3 is 0 Å². The molecule has 0 unspecified atom stereocenters. The van der Waals surface area contributed by atoms with Crippen molar-refractivity contribution in [1.29, 1.82) is 0 Å². The summed E-state index contributed by atoms with van der Waals surface area (Å²) >= 11 is 12.0. The maximum atomic E-state index is 6.05. The van der Waals surface area contributed by atoms with Crippen molar-refractivity contribution in [3.63, 3.8) is 0 Å². The summed E-state index contributed by atoms with van der Waals surface area (Å²) in [5, 5.41) is 4.70. The summed E-state index contributed by atoms with van der Waals surface area (Å²) in [6.45, 7) is 5.65. The zero-order valence-electron chi connectivity index (χ0n) is 11.5. The average molecular weight is 310 g/mol. The molecule has 0 aliphatic rings. The number of hydrogen-bond donors (Lipinski definition) is 1. The number of ether oxygens (including phenoxy) is 1. The second-order valence-electron chi connectivity index (χ2n) is 4.54. The second kappa shape index (κ2) is 6.98. The lowest BCUT2D eigenvalue weighted by atomic mass is 10.2. The predicted octanol–water partition coefficient (Wildman–Crippen LogP) is 5.20. The first-order valence-corrected chi connectivity index (χ1v) is 7.29. The van der Waals surface area contributed by atoms with Crippen molar-refractivity contribution < 1.29 is 4.74 Å². The first-order valence-electron chi connectivity index (χ1n) is 6.53. The Bertz CT molecular complexity index is 599. The van der Waals surface area contributed by atoms with Gasteiger partial charge in [-0.1, -0.05) is 30.1 Å². The molecule has 0 spiro atoms. The summed E-state index contributed by atoms with van der Waals surface area (Å²) < 4.78 is 5.99. The molecule has 106 valence electrons. The third-order valence-electron chi connectivity index (χ3n) is 2.94. The van der Waals surface area contributed by atoms with Gasteiger partial charge in [-0.2, -0.15) is 0 Å². The van der Waals surface area contributed by atoms with Crippen LogP contribution in [0, 0.1) is 6.92 Å². The van der Waals surface area contributed by atoms with Crippen LogP contribution in [0.25, 0.3) is 0 Å². The van der Waals surface area contributed by atoms with E-state index in [1.807, 2.05) is 43.3 Å². The zero-order valence-corrected chi connectivity index (χ0v) is 13.1. The molecule has 0 amide bonds. The van der Waals surface area contributed by atoms with Crippen LogP contribution in [0.1, 0.15) is 18.1 Å². The van der Waals surface area contributed by atoms with E-state index in [9.17, 15) is 0 Å². The topological polar surface area (TPSA) is 21.3 Å². The summed E-state index contributed by atoms with van der Waals surface area (Å²) in [5.41, 5.74) is 2.04. The number of hydrogen-bond acceptors (Lipinski definition) is 2. The van der Waals surface area contributed by atoms with Gasteiger partial charge in [0.2, 0.25) is 0 Å². The van der Waals surface area contributed by atoms with E-state index in [-0.39, 0.29) is 0 Å². The van der Waals surface area contributed by atoms with E-state index in [4.69, 9.17) is 27.9 Å². The minimum Gasteiger partial charge on any atom is -0.457 e. The fourth-order valence-corrected chi connectivity index (χ4v) is 2.31. The molecule has 2 aromatic rings. The van der Waals surface area contributed by atoms with E-state index in [1.165, 1.54) is 0 Å². The molecule has 0 bridgehead atoms. The SMILES string of the molecule is CCNCc1cc(Cl)ccc1Oc1ccc(Cl)cc1C. The lowest BCUT2D eigenvalue weighted by Gasteiger charge is -2.13. The van der Waals surface area contributed by atoms with Gasteiger partial charge in [-0.15, -0.1) is 0 Å². The molecule has 0 aliphatic heterocycles. The van der Waals surface area contributed by atoms with Gasteiger partial charge < -0.3 is 10.1 Å². The fourth-order valence-electron chi connectivity index (χ4n) is 1.89. The molecule has 20 heavy (non-hydrogen) atoms. The Morgan fingerprint density at radius 3 is 2.30 bits per heavy atom. The van der Waals surface area contributed by atoms with Gasteiger partial charge in [-0.05, 0) is 55.4 Å². The van der Waals surface area contributed by atoms with Crippen LogP contribution in [0.15, 0.2) is 36.4 Å². The van der Waals surface area contributed by atoms with Crippen LogP contribution in [-0.4, -0.2) is 6.54 Å². The van der Waals surface area contributed by atoms with Gasteiger partial charge in [0, 0.05) is 22.2 Å². The molecule has 1 N–H and O–H groups in total. The lowest BCUT2D eigenvalue weighted by molar-refractivity contribution is 0.470. The number of nitrogens with one attached hydrogen (secondary N) is 1. The highest BCUT2D eigenvalue weighted by atomic mass is 35.5. The minimum atomic E-state index is 0.707. The van der Waals surface area contributed by atoms with Crippen LogP contribution in [0.2, 0.25) is 10.0 Å². The van der Waals surface area contributed by atoms with Crippen molar-refractivity contribution in [2.75, 3.05) is 6.54 Å². The van der Waals surface area contributed by atoms with E-state index in [0.717, 1.165) is 35.7 Å². The van der Waals surface area contributed by atoms with Gasteiger partial charge in [-0.3, -0.25) is 0 Å². The molecule has 0 atom stereocenters. The van der Waals surface area contributed by atoms with E-state index in [1.54, 1.807) is 0 Å². The first kappa shape index (κ1) is 15.2. The Hall–Kier alpha value is -1.22. The molecule has 0 heterocycles. The standard InChI is InChI=1S/C16H17Cl2NO/c1-3-19-10-12-9-14(18)5-7-16(12)20-15-6-4-13(17)8-11(15)2/h4-9,19H,3,10H2,1-2H3. The van der Waals surface area contributed by atoms with Crippen molar-refractivity contribution in [1.82, 2.24) is 5.32 Å². The Labute approximate surface area is 129 Å². The molecule has 2 rings (SSSR count). The number of aryl methyl sites for hydroxylation is 1. The monoisotopic (exact) mass is 309 g/mol. The van der Waals surface area contributed by atoms with Crippen molar-refractivity contribution >= 4 is 23.2 Å². The third-order valence-corrected chi connectivity index (χ3v) is 3.42. The van der Waals surface area contributed by atoms with Crippen LogP contribution in [0.5, 0.6) is 11.5 Å². The summed E-state index contributed by atoms with van der Waals surface area (Å²) in [7, 11) is 0. The quantitative estimate of drug-likeness (QED) is 0.819. The molecule has 2 aromatic carbocycles. The van der Waals surface area contributed by atoms with E-state index in [0.29, 0.717) is 10.0 Å². The molecule has 2 nitrogen and oxygen atoms in total. The summed E-state index contributed by atoms with van der Waals surface area (Å²) in [4.78, 5) is 0. The van der Waals surface area contributed by atoms with E-state index >= 15 is 0 Å². The van der Waals surface area contributed by atoms with Crippen LogP contribution in [0.4, 0.5) is 0 Å². The van der Waals surface area contributed by atoms with Crippen molar-refractivity contribution in [2.24, 2.45) is 0 Å². The van der Waals surface area contributed by atoms with Gasteiger partial charge in [0.25, 0.3) is 0 Å². The zero-order chi connectivity index (χ0) is 14.5. The highest BCUT2D eigenvalue weighted by molar-refractivity contribution is 6.31. The van der Waals surface area contributed by atoms with Crippen molar-refractivity contribution in [3.05, 3.63) is 57.6 Å². The molecule has 0 aromatic heterocycles. The average Bonchev–Trinajstić information content (AvgIpc) is 2.41. The predicted molar refractivity (Wildman–Crippen MR) is 85.1 cm³/mol. The van der Waals surface area contributed by atoms with Crippen molar-refractivity contribution in [3.8, 4) is 11.5 Å². The van der Waals surface area contributed by atoms with Crippen LogP contribution in [0.3, 0.4) is 0 Å². The molecular weight excluding hydrogens is 293 g/mol. The van der Waals surface area contributed by atoms with Gasteiger partial charge in [0.15, 0.2) is 0 Å². The van der Waals surface area contributed by atoms with Crippen LogP contribution in [-0.2, 0) is 6.54 Å². The number of halogens is 2. The van der Waals surface area contributed by atoms with Crippen LogP contribution < -0.4 is 10.1 Å². The Balaban J connectivity index is 2.27. The molecule has 0 saturated carbocycles. The molecular formula is C16H17Cl2NO. The Kier molecular flexibility index (Phi) is 5.30. The van der Waals surface area contributed by atoms with E-state index in [2.05, 4.69) is 12.2 Å². The summed E-state index contributed by atoms with van der Waals surface area (Å²) in [6.07, 6.45) is 0. The Morgan fingerprint density at radius 2 is 1.65 bits per heavy atom. The highest BCUT2D eigenvalue weighted by Crippen LogP contribution is 2.31. The third kappa shape index (κ3) is 3.89. The molecule has 0 saturated heterocycles.